The van der Waals surface area contributed by atoms with Gasteiger partial charge in [-0.05, 0) is 18.3 Å². The van der Waals surface area contributed by atoms with Gasteiger partial charge in [-0.25, -0.2) is 0 Å². The lowest BCUT2D eigenvalue weighted by Gasteiger charge is -2.22. The zero-order valence-corrected chi connectivity index (χ0v) is 8.22. The minimum atomic E-state index is 0.278. The van der Waals surface area contributed by atoms with E-state index in [2.05, 4.69) is 32.9 Å². The van der Waals surface area contributed by atoms with E-state index in [4.69, 9.17) is 4.84 Å². The van der Waals surface area contributed by atoms with Gasteiger partial charge in [0.05, 0.1) is 0 Å². The van der Waals surface area contributed by atoms with Crippen molar-refractivity contribution in [3.05, 3.63) is 0 Å². The van der Waals surface area contributed by atoms with Crippen molar-refractivity contribution in [1.82, 2.24) is 0 Å². The summed E-state index contributed by atoms with van der Waals surface area (Å²) in [6.07, 6.45) is 1.86. The van der Waals surface area contributed by atoms with Crippen LogP contribution in [0.5, 0.6) is 0 Å². The first-order valence-electron chi connectivity index (χ1n) is 4.14. The van der Waals surface area contributed by atoms with E-state index in [-0.39, 0.29) is 5.41 Å². The van der Waals surface area contributed by atoms with Crippen LogP contribution in [-0.2, 0) is 4.84 Å². The van der Waals surface area contributed by atoms with Gasteiger partial charge in [-0.3, -0.25) is 0 Å². The third kappa shape index (κ3) is 4.82. The van der Waals surface area contributed by atoms with Crippen molar-refractivity contribution in [1.29, 1.82) is 0 Å². The Labute approximate surface area is 69.6 Å². The summed E-state index contributed by atoms with van der Waals surface area (Å²) in [5.41, 5.74) is 0.278. The maximum absolute atomic E-state index is 4.87. The van der Waals surface area contributed by atoms with E-state index in [1.54, 1.807) is 0 Å². The Morgan fingerprint density at radius 1 is 1.45 bits per heavy atom. The summed E-state index contributed by atoms with van der Waals surface area (Å²) in [7, 11) is 0. The van der Waals surface area contributed by atoms with Gasteiger partial charge in [0.25, 0.3) is 0 Å². The van der Waals surface area contributed by atoms with Gasteiger partial charge in [-0.2, -0.15) is 0 Å². The van der Waals surface area contributed by atoms with Gasteiger partial charge in [0.15, 0.2) is 0 Å². The van der Waals surface area contributed by atoms with Gasteiger partial charge >= 0.3 is 0 Å². The highest BCUT2D eigenvalue weighted by molar-refractivity contribution is 5.60. The number of rotatable bonds is 3. The van der Waals surface area contributed by atoms with Gasteiger partial charge in [0, 0.05) is 6.21 Å². The lowest BCUT2D eigenvalue weighted by molar-refractivity contribution is 0.157. The molecule has 0 bridgehead atoms. The number of oxime groups is 1. The van der Waals surface area contributed by atoms with Crippen molar-refractivity contribution in [3.63, 3.8) is 0 Å². The average Bonchev–Trinajstić information content (AvgIpc) is 1.86. The molecule has 2 nitrogen and oxygen atoms in total. The summed E-state index contributed by atoms with van der Waals surface area (Å²) >= 11 is 0. The topological polar surface area (TPSA) is 21.6 Å². The molecule has 0 heterocycles. The number of hydrogen-bond donors (Lipinski definition) is 0. The molecule has 2 heteroatoms. The Hall–Kier alpha value is -0.530. The first kappa shape index (κ1) is 10.5. The third-order valence-corrected chi connectivity index (χ3v) is 1.85. The first-order valence-corrected chi connectivity index (χ1v) is 4.14. The molecule has 0 aliphatic rings. The molecule has 0 fully saturated rings. The van der Waals surface area contributed by atoms with E-state index in [0.717, 1.165) is 0 Å². The second-order valence-electron chi connectivity index (χ2n) is 3.83. The number of hydrogen-bond acceptors (Lipinski definition) is 2. The standard InChI is InChI=1S/C9H19NO/c1-6-11-10-7-8(2)9(3,4)5/h7-8H,6H2,1-5H3/b10-7+. The maximum Gasteiger partial charge on any atom is 0.114 e. The highest BCUT2D eigenvalue weighted by Crippen LogP contribution is 2.23. The zero-order chi connectivity index (χ0) is 8.91. The fraction of sp³-hybridized carbons (Fsp3) is 0.889. The summed E-state index contributed by atoms with van der Waals surface area (Å²) in [6, 6.07) is 0. The SMILES string of the molecule is CCO/N=C/C(C)C(C)(C)C. The van der Waals surface area contributed by atoms with Crippen molar-refractivity contribution in [3.8, 4) is 0 Å². The molecule has 0 amide bonds. The lowest BCUT2D eigenvalue weighted by Crippen LogP contribution is -2.18. The summed E-state index contributed by atoms with van der Waals surface area (Å²) in [5.74, 6) is 0.453. The minimum absolute atomic E-state index is 0.278. The van der Waals surface area contributed by atoms with Crippen LogP contribution in [0.25, 0.3) is 0 Å². The summed E-state index contributed by atoms with van der Waals surface area (Å²) in [4.78, 5) is 4.87. The van der Waals surface area contributed by atoms with E-state index in [1.165, 1.54) is 0 Å². The molecule has 11 heavy (non-hydrogen) atoms. The van der Waals surface area contributed by atoms with Crippen LogP contribution in [-0.4, -0.2) is 12.8 Å². The minimum Gasteiger partial charge on any atom is -0.396 e. The zero-order valence-electron chi connectivity index (χ0n) is 8.22. The van der Waals surface area contributed by atoms with Gasteiger partial charge < -0.3 is 4.84 Å². The molecule has 0 aromatic carbocycles. The Kier molecular flexibility index (Phi) is 4.16. The van der Waals surface area contributed by atoms with Gasteiger partial charge in [-0.15, -0.1) is 0 Å². The lowest BCUT2D eigenvalue weighted by atomic mass is 9.83. The quantitative estimate of drug-likeness (QED) is 0.456. The third-order valence-electron chi connectivity index (χ3n) is 1.85. The van der Waals surface area contributed by atoms with Crippen LogP contribution in [0.4, 0.5) is 0 Å². The molecule has 0 aromatic rings. The summed E-state index contributed by atoms with van der Waals surface area (Å²) < 4.78 is 0. The van der Waals surface area contributed by atoms with Crippen molar-refractivity contribution in [2.75, 3.05) is 6.61 Å². The predicted octanol–water partition coefficient (Wildman–Crippen LogP) is 2.69. The van der Waals surface area contributed by atoms with E-state index in [9.17, 15) is 0 Å². The molecule has 1 unspecified atom stereocenters. The largest absolute Gasteiger partial charge is 0.396 e. The van der Waals surface area contributed by atoms with E-state index in [0.29, 0.717) is 12.5 Å². The molecule has 0 N–H and O–H groups in total. The van der Waals surface area contributed by atoms with Crippen LogP contribution in [0.2, 0.25) is 0 Å². The van der Waals surface area contributed by atoms with Gasteiger partial charge in [0.1, 0.15) is 6.61 Å². The number of nitrogens with zero attached hydrogens (tertiary/aromatic N) is 1. The molecule has 0 aliphatic carbocycles. The Balaban J connectivity index is 3.77. The molecule has 0 spiro atoms. The Morgan fingerprint density at radius 2 is 2.00 bits per heavy atom. The molecular weight excluding hydrogens is 138 g/mol. The van der Waals surface area contributed by atoms with E-state index in [1.807, 2.05) is 13.1 Å². The fourth-order valence-electron chi connectivity index (χ4n) is 0.432. The molecule has 0 aliphatic heterocycles. The summed E-state index contributed by atoms with van der Waals surface area (Å²) in [5, 5.41) is 3.83. The first-order chi connectivity index (χ1) is 4.98. The molecule has 0 aromatic heterocycles. The maximum atomic E-state index is 4.87. The smallest absolute Gasteiger partial charge is 0.114 e. The molecule has 1 atom stereocenters. The molecule has 0 rings (SSSR count). The second-order valence-corrected chi connectivity index (χ2v) is 3.83. The van der Waals surface area contributed by atoms with Gasteiger partial charge in [-0.1, -0.05) is 32.9 Å². The monoisotopic (exact) mass is 157 g/mol. The van der Waals surface area contributed by atoms with E-state index < -0.39 is 0 Å². The predicted molar refractivity (Wildman–Crippen MR) is 48.7 cm³/mol. The molecular formula is C9H19NO. The van der Waals surface area contributed by atoms with Crippen LogP contribution in [0.3, 0.4) is 0 Å². The van der Waals surface area contributed by atoms with Crippen LogP contribution < -0.4 is 0 Å². The van der Waals surface area contributed by atoms with Crippen molar-refractivity contribution >= 4 is 6.21 Å². The van der Waals surface area contributed by atoms with E-state index >= 15 is 0 Å². The normalized spacial score (nSPS) is 15.4. The highest BCUT2D eigenvalue weighted by Gasteiger charge is 2.17. The molecule has 66 valence electrons. The van der Waals surface area contributed by atoms with Crippen LogP contribution >= 0.6 is 0 Å². The molecule has 0 saturated carbocycles. The van der Waals surface area contributed by atoms with Crippen LogP contribution in [0, 0.1) is 11.3 Å². The van der Waals surface area contributed by atoms with Crippen LogP contribution in [0.1, 0.15) is 34.6 Å². The fourth-order valence-corrected chi connectivity index (χ4v) is 0.432. The van der Waals surface area contributed by atoms with Crippen LogP contribution in [0.15, 0.2) is 5.16 Å². The van der Waals surface area contributed by atoms with Crippen molar-refractivity contribution in [2.45, 2.75) is 34.6 Å². The second kappa shape index (κ2) is 4.37. The molecule has 0 saturated heterocycles. The highest BCUT2D eigenvalue weighted by atomic mass is 16.6. The molecule has 0 radical (unpaired) electrons. The summed E-state index contributed by atoms with van der Waals surface area (Å²) in [6.45, 7) is 11.3. The average molecular weight is 157 g/mol. The van der Waals surface area contributed by atoms with Gasteiger partial charge in [0.2, 0.25) is 0 Å². The Bertz CT molecular complexity index is 124. The van der Waals surface area contributed by atoms with Crippen molar-refractivity contribution in [2.24, 2.45) is 16.5 Å². The Morgan fingerprint density at radius 3 is 2.36 bits per heavy atom. The van der Waals surface area contributed by atoms with Crippen molar-refractivity contribution < 1.29 is 4.84 Å².